The number of rotatable bonds is 4. The number of hydrogen-bond donors (Lipinski definition) is 1. The summed E-state index contributed by atoms with van der Waals surface area (Å²) >= 11 is 0. The number of aliphatic hydroxyl groups is 1. The summed E-state index contributed by atoms with van der Waals surface area (Å²) in [6.45, 7) is 2.00. The molecule has 1 aromatic rings. The van der Waals surface area contributed by atoms with Crippen LogP contribution >= 0.6 is 0 Å². The normalized spacial score (nSPS) is 24.4. The zero-order chi connectivity index (χ0) is 12.5. The Bertz CT molecular complexity index is 472. The van der Waals surface area contributed by atoms with Gasteiger partial charge < -0.3 is 5.11 Å². The van der Waals surface area contributed by atoms with Crippen LogP contribution in [0.4, 0.5) is 0 Å². The Kier molecular flexibility index (Phi) is 3.51. The van der Waals surface area contributed by atoms with E-state index in [1.54, 1.807) is 24.3 Å². The summed E-state index contributed by atoms with van der Waals surface area (Å²) in [5, 5.41) is 8.84. The second kappa shape index (κ2) is 4.76. The van der Waals surface area contributed by atoms with Gasteiger partial charge in [-0.15, -0.1) is 0 Å². The van der Waals surface area contributed by atoms with Gasteiger partial charge in [-0.3, -0.25) is 4.18 Å². The fraction of sp³-hybridized carbons (Fsp3) is 0.500. The molecule has 0 heterocycles. The molecule has 94 valence electrons. The molecule has 1 N–H and O–H groups in total. The summed E-state index contributed by atoms with van der Waals surface area (Å²) in [7, 11) is -3.65. The van der Waals surface area contributed by atoms with Crippen LogP contribution in [0.3, 0.4) is 0 Å². The van der Waals surface area contributed by atoms with E-state index in [4.69, 9.17) is 9.29 Å². The van der Waals surface area contributed by atoms with Crippen molar-refractivity contribution < 1.29 is 17.7 Å². The highest BCUT2D eigenvalue weighted by Crippen LogP contribution is 2.32. The molecule has 0 aliphatic heterocycles. The van der Waals surface area contributed by atoms with Gasteiger partial charge in [0.05, 0.1) is 11.0 Å². The van der Waals surface area contributed by atoms with E-state index in [2.05, 4.69) is 0 Å². The van der Waals surface area contributed by atoms with Crippen LogP contribution in [-0.2, 0) is 14.3 Å². The molecule has 17 heavy (non-hydrogen) atoms. The fourth-order valence-corrected chi connectivity index (χ4v) is 2.94. The summed E-state index contributed by atoms with van der Waals surface area (Å²) in [4.78, 5) is 0.190. The lowest BCUT2D eigenvalue weighted by Gasteiger charge is -2.32. The van der Waals surface area contributed by atoms with E-state index in [1.807, 2.05) is 6.92 Å². The quantitative estimate of drug-likeness (QED) is 0.829. The van der Waals surface area contributed by atoms with Crippen LogP contribution in [0.15, 0.2) is 29.2 Å². The molecule has 1 aliphatic rings. The highest BCUT2D eigenvalue weighted by atomic mass is 32.2. The average molecular weight is 256 g/mol. The highest BCUT2D eigenvalue weighted by Gasteiger charge is 2.33. The first-order valence-corrected chi connectivity index (χ1v) is 7.03. The standard InChI is InChI=1S/C12H16O4S/c1-9-2-4-12(5-3-9)17(14,15)16-11-6-10(7-11)8-13/h2-5,10-11,13H,6-8H2,1H3/t10-,11+. The molecule has 0 atom stereocenters. The van der Waals surface area contributed by atoms with Crippen molar-refractivity contribution in [2.75, 3.05) is 6.61 Å². The van der Waals surface area contributed by atoms with Gasteiger partial charge in [0.15, 0.2) is 0 Å². The number of aliphatic hydroxyl groups excluding tert-OH is 1. The first-order valence-electron chi connectivity index (χ1n) is 5.62. The van der Waals surface area contributed by atoms with Gasteiger partial charge in [-0.1, -0.05) is 17.7 Å². The lowest BCUT2D eigenvalue weighted by molar-refractivity contribution is 0.0368. The van der Waals surface area contributed by atoms with Crippen molar-refractivity contribution in [3.05, 3.63) is 29.8 Å². The zero-order valence-corrected chi connectivity index (χ0v) is 10.5. The van der Waals surface area contributed by atoms with E-state index in [1.165, 1.54) is 0 Å². The van der Waals surface area contributed by atoms with E-state index in [0.717, 1.165) is 5.56 Å². The van der Waals surface area contributed by atoms with E-state index >= 15 is 0 Å². The van der Waals surface area contributed by atoms with E-state index in [-0.39, 0.29) is 23.5 Å². The van der Waals surface area contributed by atoms with E-state index in [9.17, 15) is 8.42 Å². The van der Waals surface area contributed by atoms with Crippen LogP contribution in [-0.4, -0.2) is 26.2 Å². The first-order chi connectivity index (χ1) is 8.01. The molecular weight excluding hydrogens is 240 g/mol. The van der Waals surface area contributed by atoms with Crippen molar-refractivity contribution in [1.29, 1.82) is 0 Å². The molecule has 1 aromatic carbocycles. The van der Waals surface area contributed by atoms with Gasteiger partial charge in [0.25, 0.3) is 10.1 Å². The number of hydrogen-bond acceptors (Lipinski definition) is 4. The topological polar surface area (TPSA) is 63.6 Å². The lowest BCUT2D eigenvalue weighted by atomic mass is 9.83. The predicted octanol–water partition coefficient (Wildman–Crippen LogP) is 1.47. The summed E-state index contributed by atoms with van der Waals surface area (Å²) in [6, 6.07) is 6.58. The monoisotopic (exact) mass is 256 g/mol. The molecule has 5 heteroatoms. The minimum absolute atomic E-state index is 0.102. The Labute approximate surface area is 101 Å². The SMILES string of the molecule is Cc1ccc(S(=O)(=O)O[C@H]2C[C@@H](CO)C2)cc1. The maximum atomic E-state index is 11.9. The first kappa shape index (κ1) is 12.5. The number of benzene rings is 1. The largest absolute Gasteiger partial charge is 0.396 e. The summed E-state index contributed by atoms with van der Waals surface area (Å²) in [5.41, 5.74) is 1.01. The maximum absolute atomic E-state index is 11.9. The van der Waals surface area contributed by atoms with Gasteiger partial charge in [0.1, 0.15) is 0 Å². The smallest absolute Gasteiger partial charge is 0.297 e. The maximum Gasteiger partial charge on any atom is 0.297 e. The van der Waals surface area contributed by atoms with Crippen molar-refractivity contribution in [1.82, 2.24) is 0 Å². The van der Waals surface area contributed by atoms with Crippen molar-refractivity contribution in [3.63, 3.8) is 0 Å². The molecule has 0 saturated heterocycles. The van der Waals surface area contributed by atoms with Crippen molar-refractivity contribution in [2.24, 2.45) is 5.92 Å². The molecule has 0 unspecified atom stereocenters. The minimum Gasteiger partial charge on any atom is -0.396 e. The van der Waals surface area contributed by atoms with Crippen LogP contribution in [0.5, 0.6) is 0 Å². The third-order valence-corrected chi connectivity index (χ3v) is 4.40. The van der Waals surface area contributed by atoms with Crippen LogP contribution in [0.25, 0.3) is 0 Å². The van der Waals surface area contributed by atoms with Crippen LogP contribution in [0.1, 0.15) is 18.4 Å². The van der Waals surface area contributed by atoms with Crippen LogP contribution in [0.2, 0.25) is 0 Å². The Morgan fingerprint density at radius 2 is 1.88 bits per heavy atom. The van der Waals surface area contributed by atoms with Crippen molar-refractivity contribution in [2.45, 2.75) is 30.8 Å². The van der Waals surface area contributed by atoms with Crippen LogP contribution in [0, 0.1) is 12.8 Å². The van der Waals surface area contributed by atoms with Gasteiger partial charge in [0.2, 0.25) is 0 Å². The highest BCUT2D eigenvalue weighted by molar-refractivity contribution is 7.86. The molecule has 0 radical (unpaired) electrons. The second-order valence-corrected chi connectivity index (χ2v) is 6.08. The molecule has 0 amide bonds. The molecule has 1 aliphatic carbocycles. The molecular formula is C12H16O4S. The molecule has 0 aromatic heterocycles. The molecule has 0 spiro atoms. The minimum atomic E-state index is -3.65. The summed E-state index contributed by atoms with van der Waals surface area (Å²) in [5.74, 6) is 0.188. The summed E-state index contributed by atoms with van der Waals surface area (Å²) in [6.07, 6.45) is 0.946. The summed E-state index contributed by atoms with van der Waals surface area (Å²) < 4.78 is 28.8. The molecule has 4 nitrogen and oxygen atoms in total. The number of aryl methyl sites for hydroxylation is 1. The third-order valence-electron chi connectivity index (χ3n) is 3.02. The Hall–Kier alpha value is -0.910. The van der Waals surface area contributed by atoms with Gasteiger partial charge in [0, 0.05) is 6.61 Å². The van der Waals surface area contributed by atoms with Gasteiger partial charge in [-0.2, -0.15) is 8.42 Å². The molecule has 2 rings (SSSR count). The van der Waals surface area contributed by atoms with Crippen LogP contribution < -0.4 is 0 Å². The molecule has 1 fully saturated rings. The van der Waals surface area contributed by atoms with Crippen molar-refractivity contribution in [3.8, 4) is 0 Å². The fourth-order valence-electron chi connectivity index (χ4n) is 1.84. The molecule has 1 saturated carbocycles. The predicted molar refractivity (Wildman–Crippen MR) is 63.0 cm³/mol. The molecule has 0 bridgehead atoms. The van der Waals surface area contributed by atoms with Gasteiger partial charge in [-0.25, -0.2) is 0 Å². The zero-order valence-electron chi connectivity index (χ0n) is 9.67. The second-order valence-electron chi connectivity index (χ2n) is 4.51. The average Bonchev–Trinajstić information content (AvgIpc) is 2.23. The third kappa shape index (κ3) is 2.86. The lowest BCUT2D eigenvalue weighted by Crippen LogP contribution is -2.35. The van der Waals surface area contributed by atoms with Gasteiger partial charge >= 0.3 is 0 Å². The van der Waals surface area contributed by atoms with E-state index in [0.29, 0.717) is 12.8 Å². The van der Waals surface area contributed by atoms with Gasteiger partial charge in [-0.05, 0) is 37.8 Å². The Morgan fingerprint density at radius 3 is 2.41 bits per heavy atom. The Morgan fingerprint density at radius 1 is 1.29 bits per heavy atom. The Balaban J connectivity index is 2.02. The van der Waals surface area contributed by atoms with E-state index < -0.39 is 10.1 Å². The van der Waals surface area contributed by atoms with Crippen molar-refractivity contribution >= 4 is 10.1 Å².